The van der Waals surface area contributed by atoms with Crippen LogP contribution in [-0.2, 0) is 17.6 Å². The molecular formula is C20H28N2O2. The molecule has 0 radical (unpaired) electrons. The van der Waals surface area contributed by atoms with E-state index in [1.165, 1.54) is 24.0 Å². The van der Waals surface area contributed by atoms with Crippen molar-refractivity contribution in [3.63, 3.8) is 0 Å². The van der Waals surface area contributed by atoms with Crippen LogP contribution in [-0.4, -0.2) is 43.1 Å². The summed E-state index contributed by atoms with van der Waals surface area (Å²) in [4.78, 5) is 14.5. The maximum atomic E-state index is 12.4. The van der Waals surface area contributed by atoms with Crippen LogP contribution in [0.5, 0.6) is 5.75 Å². The number of rotatable bonds is 4. The Morgan fingerprint density at radius 1 is 1.08 bits per heavy atom. The molecule has 1 N–H and O–H groups in total. The van der Waals surface area contributed by atoms with Crippen molar-refractivity contribution < 1.29 is 9.53 Å². The van der Waals surface area contributed by atoms with Crippen molar-refractivity contribution >= 4 is 5.91 Å². The number of benzene rings is 1. The average Bonchev–Trinajstić information content (AvgIpc) is 3.42. The molecule has 1 saturated carbocycles. The summed E-state index contributed by atoms with van der Waals surface area (Å²) in [6, 6.07) is 6.54. The largest absolute Gasteiger partial charge is 0.490 e. The number of hydrogen-bond acceptors (Lipinski definition) is 3. The number of fused-ring (bicyclic) bond motifs is 1. The summed E-state index contributed by atoms with van der Waals surface area (Å²) in [5, 5.41) is 3.37. The van der Waals surface area contributed by atoms with E-state index in [0.717, 1.165) is 64.0 Å². The minimum Gasteiger partial charge on any atom is -0.490 e. The topological polar surface area (TPSA) is 41.6 Å². The number of piperidine rings is 1. The highest BCUT2D eigenvalue weighted by molar-refractivity contribution is 5.77. The molecule has 130 valence electrons. The monoisotopic (exact) mass is 328 g/mol. The van der Waals surface area contributed by atoms with Gasteiger partial charge in [-0.3, -0.25) is 4.79 Å². The van der Waals surface area contributed by atoms with Gasteiger partial charge in [0, 0.05) is 19.5 Å². The average molecular weight is 328 g/mol. The number of nitrogens with zero attached hydrogens (tertiary/aromatic N) is 1. The molecule has 4 rings (SSSR count). The van der Waals surface area contributed by atoms with Crippen LogP contribution in [0.1, 0.15) is 43.2 Å². The van der Waals surface area contributed by atoms with E-state index in [4.69, 9.17) is 4.74 Å². The van der Waals surface area contributed by atoms with Crippen LogP contribution in [0.4, 0.5) is 0 Å². The molecule has 1 aromatic rings. The Balaban J connectivity index is 1.38. The van der Waals surface area contributed by atoms with E-state index in [-0.39, 0.29) is 0 Å². The van der Waals surface area contributed by atoms with Crippen molar-refractivity contribution in [1.29, 1.82) is 0 Å². The Morgan fingerprint density at radius 2 is 1.83 bits per heavy atom. The molecule has 4 heteroatoms. The van der Waals surface area contributed by atoms with Crippen LogP contribution in [0.2, 0.25) is 0 Å². The van der Waals surface area contributed by atoms with Crippen molar-refractivity contribution in [3.8, 4) is 5.75 Å². The lowest BCUT2D eigenvalue weighted by molar-refractivity contribution is -0.131. The molecule has 0 unspecified atom stereocenters. The normalized spacial score (nSPS) is 21.9. The first-order valence-corrected chi connectivity index (χ1v) is 9.55. The summed E-state index contributed by atoms with van der Waals surface area (Å²) in [6.45, 7) is 3.82. The summed E-state index contributed by atoms with van der Waals surface area (Å²) in [7, 11) is 0. The fourth-order valence-electron chi connectivity index (χ4n) is 3.83. The fraction of sp³-hybridized carbons (Fsp3) is 0.650. The maximum absolute atomic E-state index is 12.4. The van der Waals surface area contributed by atoms with Gasteiger partial charge in [-0.1, -0.05) is 6.07 Å². The van der Waals surface area contributed by atoms with E-state index in [1.54, 1.807) is 0 Å². The first-order chi connectivity index (χ1) is 11.8. The standard InChI is InChI=1S/C20H28N2O2/c23-20(13-15-1-2-15)22-11-7-16-3-4-19(14-17(16)8-12-22)24-18-5-9-21-10-6-18/h3-4,14-15,18,21H,1-2,5-13H2. The summed E-state index contributed by atoms with van der Waals surface area (Å²) in [5.41, 5.74) is 2.75. The quantitative estimate of drug-likeness (QED) is 0.923. The number of nitrogens with one attached hydrogen (secondary N) is 1. The van der Waals surface area contributed by atoms with Gasteiger partial charge in [-0.2, -0.15) is 0 Å². The summed E-state index contributed by atoms with van der Waals surface area (Å²) in [6.07, 6.45) is 7.69. The highest BCUT2D eigenvalue weighted by atomic mass is 16.5. The van der Waals surface area contributed by atoms with Crippen LogP contribution in [0, 0.1) is 5.92 Å². The van der Waals surface area contributed by atoms with Gasteiger partial charge in [-0.25, -0.2) is 0 Å². The Bertz CT molecular complexity index is 591. The second-order valence-electron chi connectivity index (χ2n) is 7.53. The zero-order valence-electron chi connectivity index (χ0n) is 14.4. The molecule has 2 fully saturated rings. The van der Waals surface area contributed by atoms with Gasteiger partial charge in [-0.05, 0) is 80.8 Å². The Labute approximate surface area is 144 Å². The number of amides is 1. The number of carbonyl (C=O) groups is 1. The van der Waals surface area contributed by atoms with Gasteiger partial charge in [0.25, 0.3) is 0 Å². The van der Waals surface area contributed by atoms with Crippen molar-refractivity contribution in [1.82, 2.24) is 10.2 Å². The van der Waals surface area contributed by atoms with Gasteiger partial charge in [0.15, 0.2) is 0 Å². The molecule has 0 aromatic heterocycles. The minimum atomic E-state index is 0.340. The Morgan fingerprint density at radius 3 is 2.58 bits per heavy atom. The zero-order chi connectivity index (χ0) is 16.4. The van der Waals surface area contributed by atoms with Gasteiger partial charge < -0.3 is 15.0 Å². The van der Waals surface area contributed by atoms with Gasteiger partial charge in [0.1, 0.15) is 11.9 Å². The number of ether oxygens (including phenoxy) is 1. The molecule has 1 saturated heterocycles. The van der Waals surface area contributed by atoms with E-state index >= 15 is 0 Å². The SMILES string of the molecule is O=C(CC1CC1)N1CCc2ccc(OC3CCNCC3)cc2CC1. The maximum Gasteiger partial charge on any atom is 0.222 e. The first kappa shape index (κ1) is 15.9. The van der Waals surface area contributed by atoms with E-state index in [0.29, 0.717) is 17.9 Å². The van der Waals surface area contributed by atoms with Gasteiger partial charge in [-0.15, -0.1) is 0 Å². The fourth-order valence-corrected chi connectivity index (χ4v) is 3.83. The second-order valence-corrected chi connectivity index (χ2v) is 7.53. The lowest BCUT2D eigenvalue weighted by atomic mass is 10.0. The van der Waals surface area contributed by atoms with Crippen LogP contribution in [0.15, 0.2) is 18.2 Å². The molecule has 1 aromatic carbocycles. The van der Waals surface area contributed by atoms with Crippen LogP contribution in [0.3, 0.4) is 0 Å². The van der Waals surface area contributed by atoms with Crippen LogP contribution >= 0.6 is 0 Å². The minimum absolute atomic E-state index is 0.340. The second kappa shape index (κ2) is 7.14. The van der Waals surface area contributed by atoms with E-state index in [1.807, 2.05) is 0 Å². The lowest BCUT2D eigenvalue weighted by Crippen LogP contribution is -2.34. The Hall–Kier alpha value is -1.55. The molecule has 2 aliphatic heterocycles. The van der Waals surface area contributed by atoms with Crippen LogP contribution < -0.4 is 10.1 Å². The molecule has 1 amide bonds. The van der Waals surface area contributed by atoms with Crippen molar-refractivity contribution in [3.05, 3.63) is 29.3 Å². The molecule has 0 atom stereocenters. The molecule has 0 spiro atoms. The predicted molar refractivity (Wildman–Crippen MR) is 94.3 cm³/mol. The molecular weight excluding hydrogens is 300 g/mol. The molecule has 1 aliphatic carbocycles. The van der Waals surface area contributed by atoms with Crippen molar-refractivity contribution in [2.75, 3.05) is 26.2 Å². The van der Waals surface area contributed by atoms with E-state index in [2.05, 4.69) is 28.4 Å². The predicted octanol–water partition coefficient (Wildman–Crippen LogP) is 2.54. The van der Waals surface area contributed by atoms with Crippen molar-refractivity contribution in [2.45, 2.75) is 51.0 Å². The van der Waals surface area contributed by atoms with Crippen molar-refractivity contribution in [2.24, 2.45) is 5.92 Å². The van der Waals surface area contributed by atoms with Gasteiger partial charge in [0.05, 0.1) is 0 Å². The smallest absolute Gasteiger partial charge is 0.222 e. The number of carbonyl (C=O) groups excluding carboxylic acids is 1. The lowest BCUT2D eigenvalue weighted by Gasteiger charge is -2.24. The van der Waals surface area contributed by atoms with Gasteiger partial charge >= 0.3 is 0 Å². The molecule has 3 aliphatic rings. The van der Waals surface area contributed by atoms with E-state index in [9.17, 15) is 4.79 Å². The molecule has 4 nitrogen and oxygen atoms in total. The third-order valence-electron chi connectivity index (χ3n) is 5.58. The van der Waals surface area contributed by atoms with Crippen LogP contribution in [0.25, 0.3) is 0 Å². The highest BCUT2D eigenvalue weighted by Crippen LogP contribution is 2.33. The summed E-state index contributed by atoms with van der Waals surface area (Å²) < 4.78 is 6.18. The zero-order valence-corrected chi connectivity index (χ0v) is 14.4. The van der Waals surface area contributed by atoms with E-state index < -0.39 is 0 Å². The molecule has 2 heterocycles. The van der Waals surface area contributed by atoms with Gasteiger partial charge in [0.2, 0.25) is 5.91 Å². The summed E-state index contributed by atoms with van der Waals surface area (Å²) in [5.74, 6) is 2.03. The molecule has 0 bridgehead atoms. The highest BCUT2D eigenvalue weighted by Gasteiger charge is 2.27. The Kier molecular flexibility index (Phi) is 4.74. The first-order valence-electron chi connectivity index (χ1n) is 9.55. The summed E-state index contributed by atoms with van der Waals surface area (Å²) >= 11 is 0. The number of hydrogen-bond donors (Lipinski definition) is 1. The molecule has 24 heavy (non-hydrogen) atoms. The third kappa shape index (κ3) is 3.92. The third-order valence-corrected chi connectivity index (χ3v) is 5.58.